The second-order valence-electron chi connectivity index (χ2n) is 7.56. The summed E-state index contributed by atoms with van der Waals surface area (Å²) in [5, 5.41) is 8.50. The van der Waals surface area contributed by atoms with Gasteiger partial charge in [0.2, 0.25) is 17.2 Å². The summed E-state index contributed by atoms with van der Waals surface area (Å²) in [4.78, 5) is 19.6. The molecule has 7 nitrogen and oxygen atoms in total. The molecule has 4 aromatic rings. The van der Waals surface area contributed by atoms with Gasteiger partial charge in [-0.05, 0) is 73.0 Å². The van der Waals surface area contributed by atoms with Crippen molar-refractivity contribution in [2.24, 2.45) is 0 Å². The van der Waals surface area contributed by atoms with E-state index in [-0.39, 0.29) is 5.28 Å². The molecule has 0 unspecified atom stereocenters. The van der Waals surface area contributed by atoms with Gasteiger partial charge >= 0.3 is 0 Å². The smallest absolute Gasteiger partial charge is 0.233 e. The molecule has 170 valence electrons. The minimum Gasteiger partial charge on any atom is -0.355 e. The summed E-state index contributed by atoms with van der Waals surface area (Å²) in [6.07, 6.45) is 3.76. The number of benzene rings is 2. The second-order valence-corrected chi connectivity index (χ2v) is 8.34. The Kier molecular flexibility index (Phi) is 7.42. The SMILES string of the molecule is CCCN(CCC)c1nc(Cl)nc(Nc2ccc(Nc3ccnc4cc(Cl)ccc34)cc2)n1. The van der Waals surface area contributed by atoms with E-state index in [4.69, 9.17) is 23.2 Å². The average Bonchev–Trinajstić information content (AvgIpc) is 2.80. The number of nitrogens with one attached hydrogen (secondary N) is 2. The number of nitrogens with zero attached hydrogens (tertiary/aromatic N) is 5. The van der Waals surface area contributed by atoms with Crippen LogP contribution in [0.1, 0.15) is 26.7 Å². The van der Waals surface area contributed by atoms with Crippen LogP contribution in [-0.2, 0) is 0 Å². The number of pyridine rings is 1. The number of hydrogen-bond donors (Lipinski definition) is 2. The molecule has 0 amide bonds. The van der Waals surface area contributed by atoms with Crippen molar-refractivity contribution in [3.05, 3.63) is 65.0 Å². The minimum atomic E-state index is 0.169. The fourth-order valence-electron chi connectivity index (χ4n) is 3.54. The Hall–Kier alpha value is -3.16. The third-order valence-electron chi connectivity index (χ3n) is 4.99. The quantitative estimate of drug-likeness (QED) is 0.270. The Morgan fingerprint density at radius 1 is 0.818 bits per heavy atom. The fourth-order valence-corrected chi connectivity index (χ4v) is 3.86. The van der Waals surface area contributed by atoms with Crippen molar-refractivity contribution in [1.29, 1.82) is 0 Å². The van der Waals surface area contributed by atoms with Crippen molar-refractivity contribution in [2.45, 2.75) is 26.7 Å². The van der Waals surface area contributed by atoms with Gasteiger partial charge in [-0.2, -0.15) is 15.0 Å². The summed E-state index contributed by atoms with van der Waals surface area (Å²) in [6, 6.07) is 15.5. The van der Waals surface area contributed by atoms with E-state index in [0.717, 1.165) is 53.9 Å². The minimum absolute atomic E-state index is 0.169. The molecule has 33 heavy (non-hydrogen) atoms. The summed E-state index contributed by atoms with van der Waals surface area (Å²) < 4.78 is 0. The Morgan fingerprint density at radius 2 is 1.52 bits per heavy atom. The second kappa shape index (κ2) is 10.6. The zero-order valence-electron chi connectivity index (χ0n) is 18.5. The summed E-state index contributed by atoms with van der Waals surface area (Å²) in [5.74, 6) is 1.00. The third-order valence-corrected chi connectivity index (χ3v) is 5.40. The van der Waals surface area contributed by atoms with Gasteiger partial charge in [0.15, 0.2) is 0 Å². The molecule has 4 rings (SSSR count). The van der Waals surface area contributed by atoms with Crippen molar-refractivity contribution in [1.82, 2.24) is 19.9 Å². The predicted octanol–water partition coefficient (Wildman–Crippen LogP) is 6.84. The van der Waals surface area contributed by atoms with Crippen LogP contribution in [0.5, 0.6) is 0 Å². The van der Waals surface area contributed by atoms with E-state index in [2.05, 4.69) is 49.3 Å². The van der Waals surface area contributed by atoms with E-state index in [1.807, 2.05) is 48.5 Å². The highest BCUT2D eigenvalue weighted by Crippen LogP contribution is 2.28. The van der Waals surface area contributed by atoms with Gasteiger partial charge in [-0.25, -0.2) is 0 Å². The van der Waals surface area contributed by atoms with E-state index in [0.29, 0.717) is 16.9 Å². The van der Waals surface area contributed by atoms with Crippen molar-refractivity contribution in [2.75, 3.05) is 28.6 Å². The predicted molar refractivity (Wildman–Crippen MR) is 137 cm³/mol. The number of halogens is 2. The van der Waals surface area contributed by atoms with E-state index in [1.54, 1.807) is 6.20 Å². The lowest BCUT2D eigenvalue weighted by Gasteiger charge is -2.21. The van der Waals surface area contributed by atoms with Gasteiger partial charge in [-0.1, -0.05) is 25.4 Å². The van der Waals surface area contributed by atoms with Gasteiger partial charge in [-0.15, -0.1) is 0 Å². The van der Waals surface area contributed by atoms with E-state index in [1.165, 1.54) is 0 Å². The molecular formula is C24H25Cl2N7. The van der Waals surface area contributed by atoms with E-state index >= 15 is 0 Å². The van der Waals surface area contributed by atoms with Crippen molar-refractivity contribution >= 4 is 63.1 Å². The fraction of sp³-hybridized carbons (Fsp3) is 0.250. The van der Waals surface area contributed by atoms with Gasteiger partial charge in [0.25, 0.3) is 0 Å². The van der Waals surface area contributed by atoms with Gasteiger partial charge in [-0.3, -0.25) is 4.98 Å². The Bertz CT molecular complexity index is 1230. The first-order valence-corrected chi connectivity index (χ1v) is 11.7. The Balaban J connectivity index is 1.50. The lowest BCUT2D eigenvalue weighted by molar-refractivity contribution is 0.718. The first-order valence-electron chi connectivity index (χ1n) is 10.9. The van der Waals surface area contributed by atoms with Gasteiger partial charge in [0.05, 0.1) is 5.52 Å². The van der Waals surface area contributed by atoms with Crippen LogP contribution in [0.2, 0.25) is 10.3 Å². The van der Waals surface area contributed by atoms with Crippen molar-refractivity contribution < 1.29 is 0 Å². The molecule has 2 heterocycles. The van der Waals surface area contributed by atoms with Crippen LogP contribution in [0.25, 0.3) is 10.9 Å². The monoisotopic (exact) mass is 481 g/mol. The van der Waals surface area contributed by atoms with Crippen LogP contribution in [0, 0.1) is 0 Å². The molecule has 0 saturated heterocycles. The van der Waals surface area contributed by atoms with Crippen LogP contribution < -0.4 is 15.5 Å². The first-order chi connectivity index (χ1) is 16.1. The molecule has 2 aromatic carbocycles. The number of rotatable bonds is 9. The van der Waals surface area contributed by atoms with Crippen LogP contribution >= 0.6 is 23.2 Å². The molecule has 0 spiro atoms. The van der Waals surface area contributed by atoms with Crippen LogP contribution in [-0.4, -0.2) is 33.0 Å². The molecule has 0 aliphatic rings. The molecule has 0 aliphatic heterocycles. The maximum atomic E-state index is 6.18. The zero-order chi connectivity index (χ0) is 23.2. The zero-order valence-corrected chi connectivity index (χ0v) is 20.0. The highest BCUT2D eigenvalue weighted by atomic mass is 35.5. The molecule has 0 bridgehead atoms. The van der Waals surface area contributed by atoms with Crippen molar-refractivity contribution in [3.63, 3.8) is 0 Å². The summed E-state index contributed by atoms with van der Waals surface area (Å²) in [6.45, 7) is 5.99. The lowest BCUT2D eigenvalue weighted by Crippen LogP contribution is -2.27. The third kappa shape index (κ3) is 5.80. The Labute approximate surface area is 203 Å². The molecular weight excluding hydrogens is 457 g/mol. The maximum Gasteiger partial charge on any atom is 0.233 e. The van der Waals surface area contributed by atoms with E-state index in [9.17, 15) is 0 Å². The molecule has 0 aliphatic carbocycles. The maximum absolute atomic E-state index is 6.18. The normalized spacial score (nSPS) is 10.9. The average molecular weight is 482 g/mol. The molecule has 0 radical (unpaired) electrons. The van der Waals surface area contributed by atoms with Gasteiger partial charge in [0.1, 0.15) is 0 Å². The number of anilines is 5. The van der Waals surface area contributed by atoms with E-state index < -0.39 is 0 Å². The van der Waals surface area contributed by atoms with Crippen molar-refractivity contribution in [3.8, 4) is 0 Å². The van der Waals surface area contributed by atoms with Gasteiger partial charge in [0, 0.05) is 46.8 Å². The molecule has 0 saturated carbocycles. The largest absolute Gasteiger partial charge is 0.355 e. The van der Waals surface area contributed by atoms with Crippen LogP contribution in [0.4, 0.5) is 29.0 Å². The molecule has 2 N–H and O–H groups in total. The Morgan fingerprint density at radius 3 is 2.21 bits per heavy atom. The summed E-state index contributed by atoms with van der Waals surface area (Å²) in [5.41, 5.74) is 3.58. The molecule has 0 fully saturated rings. The first kappa shape index (κ1) is 23.0. The molecule has 2 aromatic heterocycles. The highest BCUT2D eigenvalue weighted by Gasteiger charge is 2.12. The highest BCUT2D eigenvalue weighted by molar-refractivity contribution is 6.31. The topological polar surface area (TPSA) is 78.9 Å². The van der Waals surface area contributed by atoms with Crippen LogP contribution in [0.3, 0.4) is 0 Å². The summed E-state index contributed by atoms with van der Waals surface area (Å²) >= 11 is 12.3. The number of hydrogen-bond acceptors (Lipinski definition) is 7. The summed E-state index contributed by atoms with van der Waals surface area (Å²) in [7, 11) is 0. The lowest BCUT2D eigenvalue weighted by atomic mass is 10.2. The molecule has 9 heteroatoms. The van der Waals surface area contributed by atoms with Crippen LogP contribution in [0.15, 0.2) is 54.7 Å². The standard InChI is InChI=1S/C24H25Cl2N7/c1-3-13-33(14-4-2)24-31-22(26)30-23(32-24)29-18-8-6-17(7-9-18)28-20-11-12-27-21-15-16(25)5-10-19(20)21/h5-12,15H,3-4,13-14H2,1-2H3,(H,27,28)(H,29,30,31,32). The van der Waals surface area contributed by atoms with Gasteiger partial charge < -0.3 is 15.5 Å². The number of fused-ring (bicyclic) bond motifs is 1. The molecule has 0 atom stereocenters. The number of aromatic nitrogens is 4.